The molecule has 0 radical (unpaired) electrons. The van der Waals surface area contributed by atoms with Crippen molar-refractivity contribution in [2.24, 2.45) is 0 Å². The predicted octanol–water partition coefficient (Wildman–Crippen LogP) is 3.91. The van der Waals surface area contributed by atoms with E-state index in [-0.39, 0.29) is 5.91 Å². The number of fused-ring (bicyclic) bond motifs is 2. The van der Waals surface area contributed by atoms with Crippen molar-refractivity contribution < 1.29 is 4.79 Å². The summed E-state index contributed by atoms with van der Waals surface area (Å²) in [6.07, 6.45) is 2.22. The number of nitrogens with zero attached hydrogens (tertiary/aromatic N) is 3. The Hall–Kier alpha value is -2.02. The molecule has 1 aliphatic heterocycles. The van der Waals surface area contributed by atoms with Gasteiger partial charge in [0.05, 0.1) is 10.4 Å². The maximum atomic E-state index is 12.6. The molecule has 1 fully saturated rings. The van der Waals surface area contributed by atoms with Crippen LogP contribution >= 0.6 is 11.3 Å². The normalized spacial score (nSPS) is 15.9. The fraction of sp³-hybridized carbons (Fsp3) is 0.478. The minimum Gasteiger partial charge on any atom is -0.351 e. The standard InChI is InChI=1S/C23H30N4OS/c1-3-8-26-10-12-27(13-11-26)9-4-7-24-22(28)21-16-19-15-18-6-5-17(2)14-20(18)25-23(19)29-21/h5-6,14-16H,3-4,7-13H2,1-2H3,(H,24,28). The molecule has 3 heterocycles. The van der Waals surface area contributed by atoms with Gasteiger partial charge in [0.25, 0.3) is 5.91 Å². The van der Waals surface area contributed by atoms with E-state index in [0.29, 0.717) is 0 Å². The molecule has 0 spiro atoms. The number of hydrogen-bond donors (Lipinski definition) is 1. The van der Waals surface area contributed by atoms with Crippen LogP contribution in [0.25, 0.3) is 21.1 Å². The van der Waals surface area contributed by atoms with Crippen molar-refractivity contribution in [2.75, 3.05) is 45.8 Å². The van der Waals surface area contributed by atoms with Gasteiger partial charge in [-0.05, 0) is 56.6 Å². The van der Waals surface area contributed by atoms with Crippen LogP contribution in [0.2, 0.25) is 0 Å². The van der Waals surface area contributed by atoms with Crippen LogP contribution in [0.15, 0.2) is 30.3 Å². The van der Waals surface area contributed by atoms with E-state index in [1.807, 2.05) is 6.07 Å². The first kappa shape index (κ1) is 20.3. The second-order valence-electron chi connectivity index (χ2n) is 7.98. The second-order valence-corrected chi connectivity index (χ2v) is 9.01. The third-order valence-corrected chi connectivity index (χ3v) is 6.67. The average Bonchev–Trinajstić information content (AvgIpc) is 3.13. The monoisotopic (exact) mass is 410 g/mol. The number of carbonyl (C=O) groups excluding carboxylic acids is 1. The first-order chi connectivity index (χ1) is 14.1. The molecule has 4 rings (SSSR count). The number of piperazine rings is 1. The minimum atomic E-state index is 0.0148. The van der Waals surface area contributed by atoms with Crippen LogP contribution < -0.4 is 5.32 Å². The number of pyridine rings is 1. The molecule has 0 unspecified atom stereocenters. The molecule has 0 bridgehead atoms. The third kappa shape index (κ3) is 4.94. The van der Waals surface area contributed by atoms with E-state index in [9.17, 15) is 4.79 Å². The number of hydrogen-bond acceptors (Lipinski definition) is 5. The number of amides is 1. The molecule has 0 atom stereocenters. The number of aryl methyl sites for hydroxylation is 1. The molecule has 6 heteroatoms. The summed E-state index contributed by atoms with van der Waals surface area (Å²) in [4.78, 5) is 24.0. The summed E-state index contributed by atoms with van der Waals surface area (Å²) in [5.41, 5.74) is 2.19. The summed E-state index contributed by atoms with van der Waals surface area (Å²) in [7, 11) is 0. The Morgan fingerprint density at radius 1 is 1.07 bits per heavy atom. The van der Waals surface area contributed by atoms with Gasteiger partial charge in [0.1, 0.15) is 4.83 Å². The zero-order valence-corrected chi connectivity index (χ0v) is 18.2. The summed E-state index contributed by atoms with van der Waals surface area (Å²) >= 11 is 1.48. The number of thiophene rings is 1. The summed E-state index contributed by atoms with van der Waals surface area (Å²) in [6, 6.07) is 10.4. The Labute approximate surface area is 176 Å². The highest BCUT2D eigenvalue weighted by atomic mass is 32.1. The molecule has 29 heavy (non-hydrogen) atoms. The van der Waals surface area contributed by atoms with Gasteiger partial charge in [-0.25, -0.2) is 4.98 Å². The van der Waals surface area contributed by atoms with Gasteiger partial charge in [0.15, 0.2) is 0 Å². The highest BCUT2D eigenvalue weighted by Gasteiger charge is 2.16. The number of rotatable bonds is 7. The van der Waals surface area contributed by atoms with Crippen molar-refractivity contribution in [3.05, 3.63) is 40.8 Å². The Morgan fingerprint density at radius 3 is 2.59 bits per heavy atom. The quantitative estimate of drug-likeness (QED) is 0.600. The first-order valence-electron chi connectivity index (χ1n) is 10.7. The van der Waals surface area contributed by atoms with E-state index in [1.165, 1.54) is 43.0 Å². The Kier molecular flexibility index (Phi) is 6.43. The highest BCUT2D eigenvalue weighted by Crippen LogP contribution is 2.27. The smallest absolute Gasteiger partial charge is 0.261 e. The molecule has 1 saturated heterocycles. The molecular formula is C23H30N4OS. The van der Waals surface area contributed by atoms with Crippen LogP contribution in [0.4, 0.5) is 0 Å². The van der Waals surface area contributed by atoms with Gasteiger partial charge in [-0.1, -0.05) is 19.1 Å². The van der Waals surface area contributed by atoms with Crippen LogP contribution in [0, 0.1) is 6.92 Å². The van der Waals surface area contributed by atoms with Gasteiger partial charge in [-0.2, -0.15) is 0 Å². The Bertz CT molecular complexity index is 991. The Balaban J connectivity index is 1.28. The zero-order chi connectivity index (χ0) is 20.2. The van der Waals surface area contributed by atoms with Crippen molar-refractivity contribution in [1.29, 1.82) is 0 Å². The van der Waals surface area contributed by atoms with E-state index >= 15 is 0 Å². The van der Waals surface area contributed by atoms with Crippen LogP contribution in [-0.2, 0) is 0 Å². The lowest BCUT2D eigenvalue weighted by molar-refractivity contribution is 0.0952. The molecule has 154 valence electrons. The van der Waals surface area contributed by atoms with Crippen LogP contribution in [-0.4, -0.2) is 66.5 Å². The number of nitrogens with one attached hydrogen (secondary N) is 1. The molecule has 1 N–H and O–H groups in total. The molecule has 1 aromatic carbocycles. The maximum Gasteiger partial charge on any atom is 0.261 e. The van der Waals surface area contributed by atoms with Crippen LogP contribution in [0.5, 0.6) is 0 Å². The lowest BCUT2D eigenvalue weighted by Gasteiger charge is -2.34. The molecule has 5 nitrogen and oxygen atoms in total. The third-order valence-electron chi connectivity index (χ3n) is 5.62. The van der Waals surface area contributed by atoms with Crippen molar-refractivity contribution in [3.63, 3.8) is 0 Å². The molecule has 1 aliphatic rings. The first-order valence-corrected chi connectivity index (χ1v) is 11.5. The number of carbonyl (C=O) groups is 1. The number of aromatic nitrogens is 1. The predicted molar refractivity (Wildman–Crippen MR) is 122 cm³/mol. The van der Waals surface area contributed by atoms with Gasteiger partial charge in [0.2, 0.25) is 0 Å². The molecule has 0 saturated carbocycles. The van der Waals surface area contributed by atoms with E-state index in [2.05, 4.69) is 53.2 Å². The second kappa shape index (κ2) is 9.20. The average molecular weight is 411 g/mol. The van der Waals surface area contributed by atoms with E-state index in [0.717, 1.165) is 58.6 Å². The van der Waals surface area contributed by atoms with Gasteiger partial charge in [0, 0.05) is 43.5 Å². The maximum absolute atomic E-state index is 12.6. The fourth-order valence-electron chi connectivity index (χ4n) is 3.99. The lowest BCUT2D eigenvalue weighted by atomic mass is 10.1. The van der Waals surface area contributed by atoms with Crippen LogP contribution in [0.3, 0.4) is 0 Å². The van der Waals surface area contributed by atoms with E-state index in [1.54, 1.807) is 0 Å². The minimum absolute atomic E-state index is 0.0148. The molecule has 1 amide bonds. The lowest BCUT2D eigenvalue weighted by Crippen LogP contribution is -2.47. The fourth-order valence-corrected chi connectivity index (χ4v) is 4.93. The molecule has 3 aromatic rings. The van der Waals surface area contributed by atoms with E-state index < -0.39 is 0 Å². The van der Waals surface area contributed by atoms with Crippen molar-refractivity contribution in [1.82, 2.24) is 20.1 Å². The van der Waals surface area contributed by atoms with E-state index in [4.69, 9.17) is 4.98 Å². The van der Waals surface area contributed by atoms with Gasteiger partial charge in [-0.3, -0.25) is 4.79 Å². The van der Waals surface area contributed by atoms with Crippen molar-refractivity contribution in [2.45, 2.75) is 26.7 Å². The van der Waals surface area contributed by atoms with Gasteiger partial charge in [-0.15, -0.1) is 11.3 Å². The number of benzene rings is 1. The summed E-state index contributed by atoms with van der Waals surface area (Å²) < 4.78 is 0. The van der Waals surface area contributed by atoms with Gasteiger partial charge < -0.3 is 15.1 Å². The summed E-state index contributed by atoms with van der Waals surface area (Å²) in [6.45, 7) is 11.9. The zero-order valence-electron chi connectivity index (χ0n) is 17.4. The van der Waals surface area contributed by atoms with Gasteiger partial charge >= 0.3 is 0 Å². The molecule has 2 aromatic heterocycles. The molecular weight excluding hydrogens is 380 g/mol. The molecule has 0 aliphatic carbocycles. The summed E-state index contributed by atoms with van der Waals surface area (Å²) in [5.74, 6) is 0.0148. The Morgan fingerprint density at radius 2 is 1.83 bits per heavy atom. The van der Waals surface area contributed by atoms with Crippen molar-refractivity contribution >= 4 is 38.4 Å². The largest absolute Gasteiger partial charge is 0.351 e. The SMILES string of the molecule is CCCN1CCN(CCCNC(=O)c2cc3cc4ccc(C)cc4nc3s2)CC1. The highest BCUT2D eigenvalue weighted by molar-refractivity contribution is 7.20. The summed E-state index contributed by atoms with van der Waals surface area (Å²) in [5, 5.41) is 5.25. The van der Waals surface area contributed by atoms with Crippen molar-refractivity contribution in [3.8, 4) is 0 Å². The topological polar surface area (TPSA) is 48.5 Å². The van der Waals surface area contributed by atoms with Crippen LogP contribution in [0.1, 0.15) is 35.0 Å².